The van der Waals surface area contributed by atoms with E-state index in [1.165, 1.54) is 50.3 Å². The molecule has 3 rings (SSSR count). The SMILES string of the molecule is C[NH+]1CC[NH+](CC[C@@H](c2ccccc2)c2ccc(Cl)cc2)CC1. The predicted octanol–water partition coefficient (Wildman–Crippen LogP) is 1.28. The number of hydrogen-bond acceptors (Lipinski definition) is 0. The molecule has 0 saturated carbocycles. The molecule has 2 aromatic rings. The van der Waals surface area contributed by atoms with Gasteiger partial charge in [-0.25, -0.2) is 0 Å². The molecule has 23 heavy (non-hydrogen) atoms. The van der Waals surface area contributed by atoms with Crippen LogP contribution in [0.25, 0.3) is 0 Å². The smallest absolute Gasteiger partial charge is 0.127 e. The van der Waals surface area contributed by atoms with Crippen molar-refractivity contribution in [3.8, 4) is 0 Å². The van der Waals surface area contributed by atoms with E-state index in [4.69, 9.17) is 11.6 Å². The third-order valence-electron chi connectivity index (χ3n) is 5.07. The first-order valence-electron chi connectivity index (χ1n) is 8.67. The molecule has 0 radical (unpaired) electrons. The minimum absolute atomic E-state index is 0.466. The first-order valence-corrected chi connectivity index (χ1v) is 9.05. The highest BCUT2D eigenvalue weighted by Gasteiger charge is 2.22. The number of benzene rings is 2. The van der Waals surface area contributed by atoms with Crippen LogP contribution in [-0.4, -0.2) is 39.8 Å². The van der Waals surface area contributed by atoms with E-state index < -0.39 is 0 Å². The Morgan fingerprint density at radius 1 is 0.870 bits per heavy atom. The minimum atomic E-state index is 0.466. The van der Waals surface area contributed by atoms with E-state index in [1.54, 1.807) is 9.80 Å². The van der Waals surface area contributed by atoms with Gasteiger partial charge in [-0.2, -0.15) is 0 Å². The van der Waals surface area contributed by atoms with E-state index in [9.17, 15) is 0 Å². The standard InChI is InChI=1S/C20H25ClN2/c1-22-13-15-23(16-14-22)12-11-20(17-5-3-2-4-6-17)18-7-9-19(21)10-8-18/h2-10,20H,11-16H2,1H3/p+2/t20-/m0/s1. The Kier molecular flexibility index (Phi) is 5.71. The van der Waals surface area contributed by atoms with Crippen LogP contribution >= 0.6 is 11.6 Å². The average Bonchev–Trinajstić information content (AvgIpc) is 2.59. The summed E-state index contributed by atoms with van der Waals surface area (Å²) in [5, 5.41) is 0.813. The van der Waals surface area contributed by atoms with E-state index in [0.717, 1.165) is 5.02 Å². The Labute approximate surface area is 144 Å². The highest BCUT2D eigenvalue weighted by atomic mass is 35.5. The first kappa shape index (κ1) is 16.5. The molecule has 0 aromatic heterocycles. The molecule has 1 fully saturated rings. The number of quaternary nitrogens is 2. The maximum absolute atomic E-state index is 6.07. The largest absolute Gasteiger partial charge is 0.328 e. The van der Waals surface area contributed by atoms with Crippen molar-refractivity contribution in [1.82, 2.24) is 0 Å². The van der Waals surface area contributed by atoms with Gasteiger partial charge in [-0.1, -0.05) is 54.1 Å². The third kappa shape index (κ3) is 4.57. The molecule has 3 heteroatoms. The van der Waals surface area contributed by atoms with Crippen LogP contribution in [0.15, 0.2) is 54.6 Å². The molecule has 1 saturated heterocycles. The topological polar surface area (TPSA) is 8.88 Å². The number of rotatable bonds is 5. The summed E-state index contributed by atoms with van der Waals surface area (Å²) in [7, 11) is 2.30. The Balaban J connectivity index is 1.72. The summed E-state index contributed by atoms with van der Waals surface area (Å²) in [4.78, 5) is 3.43. The average molecular weight is 331 g/mol. The first-order chi connectivity index (χ1) is 11.2. The number of halogens is 1. The second-order valence-electron chi connectivity index (χ2n) is 6.76. The van der Waals surface area contributed by atoms with Crippen molar-refractivity contribution in [3.63, 3.8) is 0 Å². The van der Waals surface area contributed by atoms with E-state index in [1.807, 2.05) is 12.1 Å². The summed E-state index contributed by atoms with van der Waals surface area (Å²) >= 11 is 6.07. The molecular weight excluding hydrogens is 304 g/mol. The lowest BCUT2D eigenvalue weighted by molar-refractivity contribution is -1.00. The van der Waals surface area contributed by atoms with Gasteiger partial charge in [-0.05, 0) is 23.3 Å². The van der Waals surface area contributed by atoms with Crippen molar-refractivity contribution >= 4 is 11.6 Å². The molecular formula is C20H27ClN2+2. The lowest BCUT2D eigenvalue weighted by Gasteiger charge is -2.28. The highest BCUT2D eigenvalue weighted by molar-refractivity contribution is 6.30. The van der Waals surface area contributed by atoms with Crippen LogP contribution in [0.4, 0.5) is 0 Å². The number of nitrogens with one attached hydrogen (secondary N) is 2. The van der Waals surface area contributed by atoms with Gasteiger partial charge < -0.3 is 9.80 Å². The highest BCUT2D eigenvalue weighted by Crippen LogP contribution is 2.28. The summed E-state index contributed by atoms with van der Waals surface area (Å²) in [6.45, 7) is 6.44. The van der Waals surface area contributed by atoms with Crippen LogP contribution in [0.3, 0.4) is 0 Å². The molecule has 0 unspecified atom stereocenters. The van der Waals surface area contributed by atoms with Crippen LogP contribution in [0, 0.1) is 0 Å². The zero-order valence-corrected chi connectivity index (χ0v) is 14.7. The maximum Gasteiger partial charge on any atom is 0.127 e. The summed E-state index contributed by atoms with van der Waals surface area (Å²) in [5.41, 5.74) is 2.79. The van der Waals surface area contributed by atoms with Crippen molar-refractivity contribution in [2.24, 2.45) is 0 Å². The molecule has 122 valence electrons. The van der Waals surface area contributed by atoms with E-state index in [-0.39, 0.29) is 0 Å². The Morgan fingerprint density at radius 3 is 2.13 bits per heavy atom. The van der Waals surface area contributed by atoms with E-state index >= 15 is 0 Å². The Bertz CT molecular complexity index is 589. The van der Waals surface area contributed by atoms with Crippen molar-refractivity contribution in [2.45, 2.75) is 12.3 Å². The number of likely N-dealkylation sites (N-methyl/N-ethyl adjacent to an activating group) is 1. The van der Waals surface area contributed by atoms with Gasteiger partial charge in [0, 0.05) is 17.4 Å². The van der Waals surface area contributed by atoms with Crippen LogP contribution in [0.2, 0.25) is 5.02 Å². The molecule has 0 amide bonds. The van der Waals surface area contributed by atoms with Gasteiger partial charge in [0.05, 0.1) is 13.6 Å². The van der Waals surface area contributed by atoms with Crippen LogP contribution in [-0.2, 0) is 0 Å². The molecule has 1 heterocycles. The number of piperazine rings is 1. The van der Waals surface area contributed by atoms with Gasteiger partial charge in [0.15, 0.2) is 0 Å². The predicted molar refractivity (Wildman–Crippen MR) is 96.5 cm³/mol. The van der Waals surface area contributed by atoms with Gasteiger partial charge in [0.25, 0.3) is 0 Å². The Hall–Kier alpha value is -1.35. The summed E-state index contributed by atoms with van der Waals surface area (Å²) in [6.07, 6.45) is 1.19. The van der Waals surface area contributed by atoms with Crippen LogP contribution in [0.1, 0.15) is 23.5 Å². The van der Waals surface area contributed by atoms with Crippen molar-refractivity contribution < 1.29 is 9.80 Å². The maximum atomic E-state index is 6.07. The summed E-state index contributed by atoms with van der Waals surface area (Å²) < 4.78 is 0. The molecule has 0 spiro atoms. The fourth-order valence-electron chi connectivity index (χ4n) is 3.54. The van der Waals surface area contributed by atoms with Gasteiger partial charge in [0.1, 0.15) is 26.2 Å². The molecule has 1 atom stereocenters. The third-order valence-corrected chi connectivity index (χ3v) is 5.32. The van der Waals surface area contributed by atoms with E-state index in [0.29, 0.717) is 5.92 Å². The lowest BCUT2D eigenvalue weighted by atomic mass is 9.88. The fraction of sp³-hybridized carbons (Fsp3) is 0.400. The molecule has 0 aliphatic carbocycles. The molecule has 2 N–H and O–H groups in total. The minimum Gasteiger partial charge on any atom is -0.328 e. The Morgan fingerprint density at radius 2 is 1.48 bits per heavy atom. The lowest BCUT2D eigenvalue weighted by Crippen LogP contribution is -3.27. The van der Waals surface area contributed by atoms with Gasteiger partial charge in [-0.3, -0.25) is 0 Å². The molecule has 1 aliphatic heterocycles. The number of hydrogen-bond donors (Lipinski definition) is 2. The van der Waals surface area contributed by atoms with Crippen molar-refractivity contribution in [1.29, 1.82) is 0 Å². The van der Waals surface area contributed by atoms with Crippen molar-refractivity contribution in [2.75, 3.05) is 39.8 Å². The quantitative estimate of drug-likeness (QED) is 0.817. The molecule has 0 bridgehead atoms. The fourth-order valence-corrected chi connectivity index (χ4v) is 3.66. The second-order valence-corrected chi connectivity index (χ2v) is 7.20. The normalized spacial score (nSPS) is 22.7. The summed E-state index contributed by atoms with van der Waals surface area (Å²) in [5.74, 6) is 0.466. The molecule has 1 aliphatic rings. The molecule has 2 aromatic carbocycles. The zero-order valence-electron chi connectivity index (χ0n) is 13.9. The molecule has 2 nitrogen and oxygen atoms in total. The van der Waals surface area contributed by atoms with Gasteiger partial charge >= 0.3 is 0 Å². The van der Waals surface area contributed by atoms with Crippen molar-refractivity contribution in [3.05, 3.63) is 70.7 Å². The monoisotopic (exact) mass is 330 g/mol. The summed E-state index contributed by atoms with van der Waals surface area (Å²) in [6, 6.07) is 19.3. The van der Waals surface area contributed by atoms with E-state index in [2.05, 4.69) is 49.5 Å². The van der Waals surface area contributed by atoms with Crippen LogP contribution < -0.4 is 9.80 Å². The van der Waals surface area contributed by atoms with Gasteiger partial charge in [-0.15, -0.1) is 0 Å². The van der Waals surface area contributed by atoms with Crippen LogP contribution in [0.5, 0.6) is 0 Å². The zero-order chi connectivity index (χ0) is 16.1. The van der Waals surface area contributed by atoms with Gasteiger partial charge in [0.2, 0.25) is 0 Å². The second kappa shape index (κ2) is 7.96.